The van der Waals surface area contributed by atoms with E-state index in [0.717, 1.165) is 0 Å². The Morgan fingerprint density at radius 2 is 2.09 bits per heavy atom. The van der Waals surface area contributed by atoms with Gasteiger partial charge in [0.05, 0.1) is 12.7 Å². The lowest BCUT2D eigenvalue weighted by molar-refractivity contribution is -0.146. The number of aromatic nitrogens is 2. The molecule has 0 unspecified atom stereocenters. The van der Waals surface area contributed by atoms with Crippen molar-refractivity contribution in [2.45, 2.75) is 19.8 Å². The lowest BCUT2D eigenvalue weighted by atomic mass is 9.81. The van der Waals surface area contributed by atoms with Crippen LogP contribution in [0.2, 0.25) is 5.02 Å². The van der Waals surface area contributed by atoms with E-state index in [4.69, 9.17) is 16.3 Å². The normalized spacial score (nSPS) is 13.1. The van der Waals surface area contributed by atoms with Gasteiger partial charge in [0, 0.05) is 22.2 Å². The molecule has 2 rings (SSSR count). The van der Waals surface area contributed by atoms with Gasteiger partial charge in [-0.25, -0.2) is 0 Å². The van der Waals surface area contributed by atoms with Gasteiger partial charge in [-0.05, 0) is 25.5 Å². The summed E-state index contributed by atoms with van der Waals surface area (Å²) < 4.78 is 4.99. The average Bonchev–Trinajstić information content (AvgIpc) is 2.85. The maximum absolute atomic E-state index is 12.2. The van der Waals surface area contributed by atoms with Crippen LogP contribution < -0.4 is 5.56 Å². The standard InChI is InChI=1S/C16H16ClN3O3/c1-3-23-16(22)11(8-18)14(10-6-4-5-7-12(10)17)13-9(2)19-20-15(13)21/h4-7,11,14H,3H2,1-2H3,(H2,19,20,21)/t11-,14-/m0/s1. The zero-order valence-corrected chi connectivity index (χ0v) is 13.5. The Morgan fingerprint density at radius 1 is 1.39 bits per heavy atom. The SMILES string of the molecule is CCOC(=O)[C@@H](C#N)[C@H](c1ccccc1Cl)c1c(C)[nH][nH]c1=O. The zero-order chi connectivity index (χ0) is 17.0. The first-order valence-corrected chi connectivity index (χ1v) is 7.46. The highest BCUT2D eigenvalue weighted by molar-refractivity contribution is 6.31. The molecule has 6 nitrogen and oxygen atoms in total. The van der Waals surface area contributed by atoms with Crippen molar-refractivity contribution in [2.75, 3.05) is 6.61 Å². The van der Waals surface area contributed by atoms with E-state index in [-0.39, 0.29) is 6.61 Å². The number of H-pyrrole nitrogens is 2. The van der Waals surface area contributed by atoms with Crippen molar-refractivity contribution in [3.63, 3.8) is 0 Å². The van der Waals surface area contributed by atoms with Gasteiger partial charge in [0.2, 0.25) is 0 Å². The number of esters is 1. The number of benzene rings is 1. The Balaban J connectivity index is 2.66. The second-order valence-electron chi connectivity index (χ2n) is 4.98. The number of hydrogen-bond acceptors (Lipinski definition) is 4. The summed E-state index contributed by atoms with van der Waals surface area (Å²) in [6.07, 6.45) is 0. The van der Waals surface area contributed by atoms with Crippen molar-refractivity contribution in [1.29, 1.82) is 5.26 Å². The monoisotopic (exact) mass is 333 g/mol. The van der Waals surface area contributed by atoms with Gasteiger partial charge >= 0.3 is 5.97 Å². The fourth-order valence-corrected chi connectivity index (χ4v) is 2.81. The third-order valence-corrected chi connectivity index (χ3v) is 3.92. The number of nitrogens with zero attached hydrogens (tertiary/aromatic N) is 1. The van der Waals surface area contributed by atoms with Crippen molar-refractivity contribution in [1.82, 2.24) is 10.2 Å². The van der Waals surface area contributed by atoms with E-state index in [1.807, 2.05) is 6.07 Å². The van der Waals surface area contributed by atoms with Crippen LogP contribution in [-0.4, -0.2) is 22.8 Å². The largest absolute Gasteiger partial charge is 0.465 e. The van der Waals surface area contributed by atoms with Crippen LogP contribution in [0.15, 0.2) is 29.1 Å². The molecule has 0 amide bonds. The van der Waals surface area contributed by atoms with Gasteiger partial charge in [0.1, 0.15) is 0 Å². The molecule has 1 aromatic heterocycles. The van der Waals surface area contributed by atoms with Crippen molar-refractivity contribution < 1.29 is 9.53 Å². The smallest absolute Gasteiger partial charge is 0.324 e. The van der Waals surface area contributed by atoms with Gasteiger partial charge in [-0.3, -0.25) is 14.7 Å². The minimum absolute atomic E-state index is 0.148. The predicted octanol–water partition coefficient (Wildman–Crippen LogP) is 2.50. The third kappa shape index (κ3) is 3.30. The number of rotatable bonds is 5. The third-order valence-electron chi connectivity index (χ3n) is 3.58. The molecule has 1 heterocycles. The van der Waals surface area contributed by atoms with E-state index in [9.17, 15) is 14.9 Å². The number of aryl methyl sites for hydroxylation is 1. The summed E-state index contributed by atoms with van der Waals surface area (Å²) in [5, 5.41) is 15.1. The lowest BCUT2D eigenvalue weighted by Gasteiger charge is -2.21. The minimum atomic E-state index is -1.18. The average molecular weight is 334 g/mol. The quantitative estimate of drug-likeness (QED) is 0.821. The molecule has 0 saturated heterocycles. The number of halogens is 1. The molecule has 7 heteroatoms. The second-order valence-corrected chi connectivity index (χ2v) is 5.38. The molecule has 120 valence electrons. The summed E-state index contributed by atoms with van der Waals surface area (Å²) in [5.74, 6) is -2.67. The topological polar surface area (TPSA) is 98.7 Å². The molecule has 2 aromatic rings. The zero-order valence-electron chi connectivity index (χ0n) is 12.7. The molecule has 0 radical (unpaired) electrons. The Labute approximate surface area is 138 Å². The number of nitriles is 1. The molecule has 2 atom stereocenters. The maximum atomic E-state index is 12.2. The van der Waals surface area contributed by atoms with Crippen LogP contribution in [0.25, 0.3) is 0 Å². The summed E-state index contributed by atoms with van der Waals surface area (Å²) >= 11 is 6.24. The Kier molecular flexibility index (Phi) is 5.24. The van der Waals surface area contributed by atoms with E-state index >= 15 is 0 Å². The number of carbonyl (C=O) groups is 1. The highest BCUT2D eigenvalue weighted by atomic mass is 35.5. The first-order valence-electron chi connectivity index (χ1n) is 7.09. The van der Waals surface area contributed by atoms with Crippen molar-refractivity contribution >= 4 is 17.6 Å². The Hall–Kier alpha value is -2.52. The fourth-order valence-electron chi connectivity index (χ4n) is 2.55. The molecular weight excluding hydrogens is 318 g/mol. The highest BCUT2D eigenvalue weighted by Gasteiger charge is 2.36. The molecule has 0 aliphatic heterocycles. The number of ether oxygens (including phenoxy) is 1. The summed E-state index contributed by atoms with van der Waals surface area (Å²) in [6.45, 7) is 3.50. The van der Waals surface area contributed by atoms with Crippen LogP contribution in [0.4, 0.5) is 0 Å². The lowest BCUT2D eigenvalue weighted by Crippen LogP contribution is -2.28. The van der Waals surface area contributed by atoms with Crippen LogP contribution in [-0.2, 0) is 9.53 Å². The Bertz CT molecular complexity index is 803. The second kappa shape index (κ2) is 7.16. The van der Waals surface area contributed by atoms with Crippen molar-refractivity contribution in [2.24, 2.45) is 5.92 Å². The van der Waals surface area contributed by atoms with E-state index in [0.29, 0.717) is 21.8 Å². The molecule has 0 aliphatic rings. The van der Waals surface area contributed by atoms with Crippen LogP contribution in [0, 0.1) is 24.2 Å². The summed E-state index contributed by atoms with van der Waals surface area (Å²) in [7, 11) is 0. The predicted molar refractivity (Wildman–Crippen MR) is 85.2 cm³/mol. The molecule has 0 saturated carbocycles. The molecule has 0 spiro atoms. The highest BCUT2D eigenvalue weighted by Crippen LogP contribution is 2.36. The molecule has 0 bridgehead atoms. The van der Waals surface area contributed by atoms with E-state index in [2.05, 4.69) is 10.2 Å². The van der Waals surface area contributed by atoms with Gasteiger partial charge in [-0.1, -0.05) is 29.8 Å². The molecule has 23 heavy (non-hydrogen) atoms. The fraction of sp³-hybridized carbons (Fsp3) is 0.312. The van der Waals surface area contributed by atoms with Gasteiger partial charge in [-0.2, -0.15) is 5.26 Å². The van der Waals surface area contributed by atoms with Crippen LogP contribution in [0.3, 0.4) is 0 Å². The minimum Gasteiger partial charge on any atom is -0.465 e. The molecule has 0 fully saturated rings. The van der Waals surface area contributed by atoms with Crippen LogP contribution >= 0.6 is 11.6 Å². The van der Waals surface area contributed by atoms with Gasteiger partial charge in [0.25, 0.3) is 5.56 Å². The summed E-state index contributed by atoms with van der Waals surface area (Å²) in [5.41, 5.74) is 0.987. The number of aromatic amines is 2. The molecule has 1 aromatic carbocycles. The Morgan fingerprint density at radius 3 is 2.61 bits per heavy atom. The van der Waals surface area contributed by atoms with Crippen LogP contribution in [0.5, 0.6) is 0 Å². The maximum Gasteiger partial charge on any atom is 0.324 e. The summed E-state index contributed by atoms with van der Waals surface area (Å²) in [6, 6.07) is 8.78. The van der Waals surface area contributed by atoms with E-state index in [1.165, 1.54) is 0 Å². The number of hydrogen-bond donors (Lipinski definition) is 2. The molecule has 2 N–H and O–H groups in total. The summed E-state index contributed by atoms with van der Waals surface area (Å²) in [4.78, 5) is 24.4. The van der Waals surface area contributed by atoms with E-state index in [1.54, 1.807) is 38.1 Å². The molecular formula is C16H16ClN3O3. The van der Waals surface area contributed by atoms with Crippen LogP contribution in [0.1, 0.15) is 29.7 Å². The van der Waals surface area contributed by atoms with Gasteiger partial charge in [0.15, 0.2) is 5.92 Å². The number of carbonyl (C=O) groups excluding carboxylic acids is 1. The first kappa shape index (κ1) is 16.8. The first-order chi connectivity index (χ1) is 11.0. The van der Waals surface area contributed by atoms with Gasteiger partial charge in [-0.15, -0.1) is 0 Å². The molecule has 0 aliphatic carbocycles. The number of nitrogens with one attached hydrogen (secondary N) is 2. The van der Waals surface area contributed by atoms with Crippen molar-refractivity contribution in [3.05, 3.63) is 56.5 Å². The van der Waals surface area contributed by atoms with E-state index < -0.39 is 23.4 Å². The van der Waals surface area contributed by atoms with Gasteiger partial charge < -0.3 is 9.84 Å². The van der Waals surface area contributed by atoms with Crippen molar-refractivity contribution in [3.8, 4) is 6.07 Å².